The molecule has 1 aromatic heterocycles. The molecule has 29 heavy (non-hydrogen) atoms. The second-order valence-electron chi connectivity index (χ2n) is 7.01. The second kappa shape index (κ2) is 6.98. The van der Waals surface area contributed by atoms with E-state index in [0.29, 0.717) is 5.75 Å². The molecule has 6 heteroatoms. The van der Waals surface area contributed by atoms with Crippen molar-refractivity contribution in [1.82, 2.24) is 4.98 Å². The number of rotatable bonds is 1. The number of alkyl halides is 1. The van der Waals surface area contributed by atoms with E-state index < -0.39 is 11.6 Å². The van der Waals surface area contributed by atoms with Gasteiger partial charge in [-0.15, -0.1) is 0 Å². The van der Waals surface area contributed by atoms with Crippen molar-refractivity contribution in [3.05, 3.63) is 78.5 Å². The zero-order valence-electron chi connectivity index (χ0n) is 15.4. The van der Waals surface area contributed by atoms with Crippen LogP contribution in [0.1, 0.15) is 6.42 Å². The Morgan fingerprint density at radius 2 is 1.83 bits per heavy atom. The molecule has 1 unspecified atom stereocenters. The van der Waals surface area contributed by atoms with Gasteiger partial charge in [0.1, 0.15) is 5.75 Å². The number of carbonyl (C=O) groups is 1. The predicted molar refractivity (Wildman–Crippen MR) is 112 cm³/mol. The third-order valence-electron chi connectivity index (χ3n) is 4.97. The first-order chi connectivity index (χ1) is 13.9. The Bertz CT molecular complexity index is 1310. The van der Waals surface area contributed by atoms with E-state index in [1.54, 1.807) is 6.07 Å². The molecule has 3 aromatic carbocycles. The third-order valence-corrected chi connectivity index (χ3v) is 4.97. The molecule has 1 atom stereocenters. The highest BCUT2D eigenvalue weighted by Crippen LogP contribution is 2.32. The van der Waals surface area contributed by atoms with Crippen LogP contribution in [0.4, 0.5) is 4.39 Å². The average molecular weight is 390 g/mol. The maximum absolute atomic E-state index is 13.1. The van der Waals surface area contributed by atoms with Crippen molar-refractivity contribution >= 4 is 38.5 Å². The number of phenols is 1. The maximum Gasteiger partial charge on any atom is 0.345 e. The zero-order chi connectivity index (χ0) is 20.6. The summed E-state index contributed by atoms with van der Waals surface area (Å²) in [5.74, 6) is -1.20. The molecule has 1 aliphatic rings. The lowest BCUT2D eigenvalue weighted by Gasteiger charge is -2.18. The number of para-hydroxylation sites is 1. The molecular weight excluding hydrogens is 371 g/mol. The summed E-state index contributed by atoms with van der Waals surface area (Å²) in [4.78, 5) is 13.7. The summed E-state index contributed by atoms with van der Waals surface area (Å²) in [5.41, 5.74) is 5.41. The molecule has 5 rings (SSSR count). The average Bonchev–Trinajstić information content (AvgIpc) is 3.07. The minimum atomic E-state index is -2.31. The molecule has 0 aliphatic heterocycles. The Morgan fingerprint density at radius 3 is 2.55 bits per heavy atom. The number of fused-ring (bicyclic) bond motifs is 5. The number of aromatic nitrogens is 1. The normalized spacial score (nSPS) is 18.4. The van der Waals surface area contributed by atoms with Gasteiger partial charge in [0.25, 0.3) is 0 Å². The Labute approximate surface area is 165 Å². The van der Waals surface area contributed by atoms with Crippen molar-refractivity contribution in [2.45, 2.75) is 12.1 Å². The Kier molecular flexibility index (Phi) is 4.47. The van der Waals surface area contributed by atoms with Crippen LogP contribution in [-0.4, -0.2) is 26.8 Å². The first kappa shape index (κ1) is 18.6. The summed E-state index contributed by atoms with van der Waals surface area (Å²) in [5, 5.41) is 22.7. The molecule has 0 saturated carbocycles. The number of carboxylic acid groups (broad SMARTS) is 1. The number of nitrogens with one attached hydrogen (secondary N) is 1. The Balaban J connectivity index is 0.000000161. The van der Waals surface area contributed by atoms with Gasteiger partial charge in [0.05, 0.1) is 5.52 Å². The molecular formula is C23H19FN2O3. The largest absolute Gasteiger partial charge is 0.508 e. The lowest BCUT2D eigenvalue weighted by atomic mass is 9.95. The van der Waals surface area contributed by atoms with Crippen molar-refractivity contribution in [2.75, 3.05) is 0 Å². The minimum Gasteiger partial charge on any atom is -0.508 e. The van der Waals surface area contributed by atoms with Gasteiger partial charge in [-0.2, -0.15) is 0 Å². The molecule has 0 fully saturated rings. The summed E-state index contributed by atoms with van der Waals surface area (Å²) in [6, 6.07) is 18.0. The van der Waals surface area contributed by atoms with E-state index in [0.717, 1.165) is 27.9 Å². The fraction of sp³-hybridized carbons (Fsp3) is 0.0870. The summed E-state index contributed by atoms with van der Waals surface area (Å²) in [6.45, 7) is 0. The van der Waals surface area contributed by atoms with E-state index in [1.807, 2.05) is 24.3 Å². The first-order valence-corrected chi connectivity index (χ1v) is 9.06. The number of hydrogen-bond donors (Lipinski definition) is 4. The molecule has 1 heterocycles. The number of allylic oxidation sites excluding steroid dienone is 3. The molecule has 0 saturated heterocycles. The molecule has 5 N–H and O–H groups in total. The highest BCUT2D eigenvalue weighted by Gasteiger charge is 2.37. The molecule has 4 aromatic rings. The molecule has 0 radical (unpaired) electrons. The van der Waals surface area contributed by atoms with Crippen LogP contribution < -0.4 is 5.73 Å². The van der Waals surface area contributed by atoms with Crippen molar-refractivity contribution in [2.24, 2.45) is 5.73 Å². The van der Waals surface area contributed by atoms with E-state index in [9.17, 15) is 14.3 Å². The van der Waals surface area contributed by atoms with Gasteiger partial charge in [-0.05, 0) is 35.7 Å². The molecule has 1 aliphatic carbocycles. The van der Waals surface area contributed by atoms with Crippen molar-refractivity contribution < 1.29 is 19.4 Å². The van der Waals surface area contributed by atoms with E-state index in [1.165, 1.54) is 22.9 Å². The van der Waals surface area contributed by atoms with E-state index in [2.05, 4.69) is 29.2 Å². The summed E-state index contributed by atoms with van der Waals surface area (Å²) in [6.07, 6.45) is 3.53. The monoisotopic (exact) mass is 390 g/mol. The lowest BCUT2D eigenvalue weighted by molar-refractivity contribution is -0.147. The lowest BCUT2D eigenvalue weighted by Crippen LogP contribution is -2.34. The number of halogens is 1. The smallest absolute Gasteiger partial charge is 0.345 e. The van der Waals surface area contributed by atoms with E-state index in [-0.39, 0.29) is 12.1 Å². The molecule has 0 amide bonds. The minimum absolute atomic E-state index is 0.248. The quantitative estimate of drug-likeness (QED) is 0.376. The highest BCUT2D eigenvalue weighted by atomic mass is 19.1. The SMILES string of the molecule is NC1=CC=CC(F)(C(=O)O)C1.Oc1ccc2ccc3c4ccccc4[nH]c3c2c1. The Morgan fingerprint density at radius 1 is 1.07 bits per heavy atom. The second-order valence-corrected chi connectivity index (χ2v) is 7.01. The van der Waals surface area contributed by atoms with Gasteiger partial charge in [-0.25, -0.2) is 9.18 Å². The number of carboxylic acids is 1. The fourth-order valence-electron chi connectivity index (χ4n) is 3.51. The van der Waals surface area contributed by atoms with Crippen LogP contribution in [0, 0.1) is 0 Å². The number of aromatic hydroxyl groups is 1. The van der Waals surface area contributed by atoms with Crippen LogP contribution in [0.15, 0.2) is 78.5 Å². The number of H-pyrrole nitrogens is 1. The number of aromatic amines is 1. The van der Waals surface area contributed by atoms with Gasteiger partial charge in [0.2, 0.25) is 5.67 Å². The summed E-state index contributed by atoms with van der Waals surface area (Å²) >= 11 is 0. The first-order valence-electron chi connectivity index (χ1n) is 9.06. The van der Waals surface area contributed by atoms with E-state index in [4.69, 9.17) is 10.8 Å². The molecule has 0 bridgehead atoms. The van der Waals surface area contributed by atoms with Gasteiger partial charge in [0.15, 0.2) is 0 Å². The van der Waals surface area contributed by atoms with Crippen LogP contribution in [0.5, 0.6) is 5.75 Å². The predicted octanol–water partition coefficient (Wildman–Crippen LogP) is 4.76. The fourth-order valence-corrected chi connectivity index (χ4v) is 3.51. The van der Waals surface area contributed by atoms with Crippen LogP contribution >= 0.6 is 0 Å². The molecule has 5 nitrogen and oxygen atoms in total. The van der Waals surface area contributed by atoms with Gasteiger partial charge >= 0.3 is 5.97 Å². The zero-order valence-corrected chi connectivity index (χ0v) is 15.4. The number of aliphatic carboxylic acids is 1. The number of phenolic OH excluding ortho intramolecular Hbond substituents is 1. The number of benzene rings is 3. The van der Waals surface area contributed by atoms with Gasteiger partial charge in [-0.3, -0.25) is 0 Å². The standard InChI is InChI=1S/C16H11NO.C7H8FNO2/c18-11-7-5-10-6-8-13-12-3-1-2-4-15(12)17-16(13)14(10)9-11;8-7(6(10)11)3-1-2-5(9)4-7/h1-9,17-18H;1-3H,4,9H2,(H,10,11). The number of hydrogen-bond acceptors (Lipinski definition) is 3. The summed E-state index contributed by atoms with van der Waals surface area (Å²) in [7, 11) is 0. The van der Waals surface area contributed by atoms with E-state index >= 15 is 0 Å². The van der Waals surface area contributed by atoms with Gasteiger partial charge in [-0.1, -0.05) is 42.5 Å². The third kappa shape index (κ3) is 3.40. The molecule has 0 spiro atoms. The topological polar surface area (TPSA) is 99.3 Å². The summed E-state index contributed by atoms with van der Waals surface area (Å²) < 4.78 is 13.1. The van der Waals surface area contributed by atoms with Crippen LogP contribution in [0.2, 0.25) is 0 Å². The van der Waals surface area contributed by atoms with Gasteiger partial charge in [0, 0.05) is 33.8 Å². The van der Waals surface area contributed by atoms with Crippen LogP contribution in [-0.2, 0) is 4.79 Å². The van der Waals surface area contributed by atoms with Crippen molar-refractivity contribution in [3.63, 3.8) is 0 Å². The van der Waals surface area contributed by atoms with Crippen LogP contribution in [0.25, 0.3) is 32.6 Å². The van der Waals surface area contributed by atoms with Crippen molar-refractivity contribution in [1.29, 1.82) is 0 Å². The van der Waals surface area contributed by atoms with Gasteiger partial charge < -0.3 is 20.9 Å². The Hall–Kier alpha value is -3.80. The van der Waals surface area contributed by atoms with Crippen LogP contribution in [0.3, 0.4) is 0 Å². The molecule has 146 valence electrons. The number of nitrogens with two attached hydrogens (primary N) is 1. The van der Waals surface area contributed by atoms with Crippen molar-refractivity contribution in [3.8, 4) is 5.75 Å². The highest BCUT2D eigenvalue weighted by molar-refractivity contribution is 6.17. The maximum atomic E-state index is 13.1.